The zero-order valence-electron chi connectivity index (χ0n) is 15.8. The van der Waals surface area contributed by atoms with Gasteiger partial charge < -0.3 is 10.2 Å². The van der Waals surface area contributed by atoms with E-state index < -0.39 is 0 Å². The van der Waals surface area contributed by atoms with Gasteiger partial charge in [0, 0.05) is 38.3 Å². The highest BCUT2D eigenvalue weighted by Crippen LogP contribution is 2.28. The molecule has 1 aliphatic rings. The summed E-state index contributed by atoms with van der Waals surface area (Å²) in [6.45, 7) is 0.722. The van der Waals surface area contributed by atoms with Crippen LogP contribution in [0, 0.1) is 0 Å². The summed E-state index contributed by atoms with van der Waals surface area (Å²) >= 11 is 0. The van der Waals surface area contributed by atoms with Crippen molar-refractivity contribution in [2.75, 3.05) is 18.5 Å². The van der Waals surface area contributed by atoms with Gasteiger partial charge in [-0.1, -0.05) is 12.1 Å². The number of aryl methyl sites for hydroxylation is 1. The maximum atomic E-state index is 12.1. The van der Waals surface area contributed by atoms with Gasteiger partial charge in [-0.2, -0.15) is 10.2 Å². The summed E-state index contributed by atoms with van der Waals surface area (Å²) in [5.41, 5.74) is 2.40. The van der Waals surface area contributed by atoms with Gasteiger partial charge in [-0.05, 0) is 18.6 Å². The van der Waals surface area contributed by atoms with Gasteiger partial charge in [0.15, 0.2) is 11.6 Å². The number of hydrogen-bond acceptors (Lipinski definition) is 5. The number of rotatable bonds is 5. The van der Waals surface area contributed by atoms with E-state index in [4.69, 9.17) is 0 Å². The molecule has 0 aliphatic carbocycles. The van der Waals surface area contributed by atoms with Crippen molar-refractivity contribution in [1.82, 2.24) is 29.9 Å². The molecule has 1 aliphatic heterocycles. The maximum Gasteiger partial charge on any atom is 0.227 e. The molecule has 0 unspecified atom stereocenters. The van der Waals surface area contributed by atoms with Gasteiger partial charge in [-0.15, -0.1) is 0 Å². The third-order valence-corrected chi connectivity index (χ3v) is 4.67. The number of nitrogens with zero attached hydrogens (tertiary/aromatic N) is 6. The van der Waals surface area contributed by atoms with Gasteiger partial charge >= 0.3 is 0 Å². The van der Waals surface area contributed by atoms with Crippen molar-refractivity contribution < 1.29 is 9.59 Å². The summed E-state index contributed by atoms with van der Waals surface area (Å²) in [5, 5.41) is 11.3. The van der Waals surface area contributed by atoms with Crippen molar-refractivity contribution in [2.24, 2.45) is 7.05 Å². The number of likely N-dealkylation sites (N-methyl/N-ethyl adjacent to an activating group) is 1. The summed E-state index contributed by atoms with van der Waals surface area (Å²) in [6, 6.07) is 7.67. The Labute approximate surface area is 162 Å². The third kappa shape index (κ3) is 3.38. The van der Waals surface area contributed by atoms with Gasteiger partial charge in [0.05, 0.1) is 18.8 Å². The molecule has 1 N–H and O–H groups in total. The van der Waals surface area contributed by atoms with Crippen molar-refractivity contribution in [3.05, 3.63) is 42.5 Å². The zero-order valence-corrected chi connectivity index (χ0v) is 15.8. The minimum Gasteiger partial charge on any atom is -0.359 e. The molecule has 0 spiro atoms. The van der Waals surface area contributed by atoms with Crippen molar-refractivity contribution in [3.63, 3.8) is 0 Å². The van der Waals surface area contributed by atoms with Gasteiger partial charge in [0.1, 0.15) is 5.69 Å². The van der Waals surface area contributed by atoms with Crippen LogP contribution in [0.25, 0.3) is 17.1 Å². The lowest BCUT2D eigenvalue weighted by atomic mass is 10.1. The second-order valence-corrected chi connectivity index (χ2v) is 6.68. The molecule has 0 saturated carbocycles. The molecule has 2 aromatic heterocycles. The highest BCUT2D eigenvalue weighted by atomic mass is 16.2. The minimum absolute atomic E-state index is 0.0844. The van der Waals surface area contributed by atoms with E-state index in [1.165, 1.54) is 0 Å². The molecular formula is C19H21N7O2. The van der Waals surface area contributed by atoms with E-state index in [0.717, 1.165) is 29.9 Å². The van der Waals surface area contributed by atoms with E-state index in [1.54, 1.807) is 27.5 Å². The number of anilines is 1. The summed E-state index contributed by atoms with van der Waals surface area (Å²) < 4.78 is 3.36. The Balaban J connectivity index is 1.77. The molecule has 1 aromatic carbocycles. The predicted octanol–water partition coefficient (Wildman–Crippen LogP) is 1.08. The standard InChI is InChI=1S/C19H21N7O2/c1-20-17(27)10-16-22-19(26(23-16)15-11-21-24(2)12-15)13-5-3-6-14(9-13)25-8-4-7-18(25)28/h3,5-6,9,11-12H,4,7-8,10H2,1-2H3,(H,20,27). The maximum absolute atomic E-state index is 12.1. The molecule has 9 nitrogen and oxygen atoms in total. The molecule has 2 amide bonds. The Bertz CT molecular complexity index is 1040. The van der Waals surface area contributed by atoms with Gasteiger partial charge in [0.2, 0.25) is 11.8 Å². The predicted molar refractivity (Wildman–Crippen MR) is 103 cm³/mol. The van der Waals surface area contributed by atoms with Crippen LogP contribution in [-0.4, -0.2) is 50.0 Å². The molecule has 9 heteroatoms. The van der Waals surface area contributed by atoms with E-state index >= 15 is 0 Å². The van der Waals surface area contributed by atoms with Gasteiger partial charge in [0.25, 0.3) is 0 Å². The average Bonchev–Trinajstić information content (AvgIpc) is 3.41. The molecule has 1 saturated heterocycles. The molecular weight excluding hydrogens is 358 g/mol. The molecule has 3 aromatic rings. The van der Waals surface area contributed by atoms with Crippen molar-refractivity contribution >= 4 is 17.5 Å². The van der Waals surface area contributed by atoms with Crippen LogP contribution in [0.2, 0.25) is 0 Å². The van der Waals surface area contributed by atoms with Crippen molar-refractivity contribution in [1.29, 1.82) is 0 Å². The first-order valence-electron chi connectivity index (χ1n) is 9.11. The molecule has 0 radical (unpaired) electrons. The first-order chi connectivity index (χ1) is 13.5. The molecule has 3 heterocycles. The van der Waals surface area contributed by atoms with Crippen LogP contribution in [0.15, 0.2) is 36.7 Å². The zero-order chi connectivity index (χ0) is 19.7. The van der Waals surface area contributed by atoms with E-state index in [1.807, 2.05) is 37.5 Å². The van der Waals surface area contributed by atoms with E-state index in [2.05, 4.69) is 20.5 Å². The lowest BCUT2D eigenvalue weighted by Gasteiger charge is -2.16. The summed E-state index contributed by atoms with van der Waals surface area (Å²) in [6.07, 6.45) is 5.05. The van der Waals surface area contributed by atoms with Crippen LogP contribution in [0.3, 0.4) is 0 Å². The van der Waals surface area contributed by atoms with Crippen LogP contribution >= 0.6 is 0 Å². The van der Waals surface area contributed by atoms with E-state index in [0.29, 0.717) is 18.1 Å². The first-order valence-corrected chi connectivity index (χ1v) is 9.11. The summed E-state index contributed by atoms with van der Waals surface area (Å²) in [5.74, 6) is 0.985. The molecule has 0 bridgehead atoms. The van der Waals surface area contributed by atoms with Gasteiger partial charge in [-0.3, -0.25) is 14.3 Å². The van der Waals surface area contributed by atoms with Gasteiger partial charge in [-0.25, -0.2) is 9.67 Å². The topological polar surface area (TPSA) is 97.9 Å². The molecule has 144 valence electrons. The molecule has 0 atom stereocenters. The Morgan fingerprint density at radius 2 is 2.14 bits per heavy atom. The highest BCUT2D eigenvalue weighted by Gasteiger charge is 2.23. The number of amides is 2. The fourth-order valence-electron chi connectivity index (χ4n) is 3.28. The smallest absolute Gasteiger partial charge is 0.227 e. The van der Waals surface area contributed by atoms with Crippen molar-refractivity contribution in [2.45, 2.75) is 19.3 Å². The molecule has 1 fully saturated rings. The number of carbonyl (C=O) groups is 2. The Morgan fingerprint density at radius 3 is 2.82 bits per heavy atom. The second-order valence-electron chi connectivity index (χ2n) is 6.68. The number of hydrogen-bond donors (Lipinski definition) is 1. The summed E-state index contributed by atoms with van der Waals surface area (Å²) in [7, 11) is 3.41. The number of aromatic nitrogens is 5. The Kier molecular flexibility index (Phi) is 4.64. The molecule has 4 rings (SSSR count). The van der Waals surface area contributed by atoms with Crippen LogP contribution < -0.4 is 10.2 Å². The van der Waals surface area contributed by atoms with Crippen LogP contribution in [0.4, 0.5) is 5.69 Å². The largest absolute Gasteiger partial charge is 0.359 e. The van der Waals surface area contributed by atoms with Crippen LogP contribution in [0.5, 0.6) is 0 Å². The van der Waals surface area contributed by atoms with E-state index in [-0.39, 0.29) is 18.2 Å². The Hall–Kier alpha value is -3.49. The molecule has 28 heavy (non-hydrogen) atoms. The van der Waals surface area contributed by atoms with Crippen molar-refractivity contribution in [3.8, 4) is 17.1 Å². The fourth-order valence-corrected chi connectivity index (χ4v) is 3.28. The van der Waals surface area contributed by atoms with E-state index in [9.17, 15) is 9.59 Å². The highest BCUT2D eigenvalue weighted by molar-refractivity contribution is 5.95. The van der Waals surface area contributed by atoms with Crippen LogP contribution in [0.1, 0.15) is 18.7 Å². The second kappa shape index (κ2) is 7.26. The Morgan fingerprint density at radius 1 is 1.29 bits per heavy atom. The quantitative estimate of drug-likeness (QED) is 0.715. The minimum atomic E-state index is -0.161. The number of nitrogens with one attached hydrogen (secondary N) is 1. The SMILES string of the molecule is CNC(=O)Cc1nc(-c2cccc(N3CCCC3=O)c2)n(-c2cnn(C)c2)n1. The monoisotopic (exact) mass is 379 g/mol. The average molecular weight is 379 g/mol. The lowest BCUT2D eigenvalue weighted by Crippen LogP contribution is -2.23. The normalized spacial score (nSPS) is 13.9. The fraction of sp³-hybridized carbons (Fsp3) is 0.316. The number of carbonyl (C=O) groups excluding carboxylic acids is 2. The first kappa shape index (κ1) is 17.9. The van der Waals surface area contributed by atoms with Crippen LogP contribution in [-0.2, 0) is 23.1 Å². The summed E-state index contributed by atoms with van der Waals surface area (Å²) in [4.78, 5) is 30.3. The number of benzene rings is 1. The lowest BCUT2D eigenvalue weighted by molar-refractivity contribution is -0.120. The third-order valence-electron chi connectivity index (χ3n) is 4.67.